The fourth-order valence-corrected chi connectivity index (χ4v) is 4.40. The molecule has 0 saturated heterocycles. The van der Waals surface area contributed by atoms with E-state index in [1.807, 2.05) is 61.0 Å². The minimum Gasteiger partial charge on any atom is -0.493 e. The van der Waals surface area contributed by atoms with Crippen molar-refractivity contribution in [3.63, 3.8) is 0 Å². The van der Waals surface area contributed by atoms with Crippen molar-refractivity contribution in [2.45, 2.75) is 13.1 Å². The number of rotatable bonds is 7. The quantitative estimate of drug-likeness (QED) is 0.450. The highest BCUT2D eigenvalue weighted by molar-refractivity contribution is 7.15. The Kier molecular flexibility index (Phi) is 5.83. The van der Waals surface area contributed by atoms with E-state index in [-0.39, 0.29) is 5.56 Å². The van der Waals surface area contributed by atoms with Crippen LogP contribution in [0.2, 0.25) is 0 Å². The van der Waals surface area contributed by atoms with Gasteiger partial charge in [0.05, 0.1) is 25.6 Å². The molecule has 7 heteroatoms. The van der Waals surface area contributed by atoms with Crippen molar-refractivity contribution >= 4 is 16.3 Å². The van der Waals surface area contributed by atoms with Gasteiger partial charge >= 0.3 is 0 Å². The Hall–Kier alpha value is -3.16. The molecule has 0 aliphatic heterocycles. The van der Waals surface area contributed by atoms with E-state index in [2.05, 4.69) is 4.90 Å². The van der Waals surface area contributed by atoms with E-state index in [4.69, 9.17) is 14.5 Å². The fourth-order valence-electron chi connectivity index (χ4n) is 3.48. The summed E-state index contributed by atoms with van der Waals surface area (Å²) in [7, 11) is 5.25. The zero-order valence-electron chi connectivity index (χ0n) is 17.2. The summed E-state index contributed by atoms with van der Waals surface area (Å²) in [5.41, 5.74) is 3.67. The molecule has 0 aliphatic rings. The van der Waals surface area contributed by atoms with Crippen molar-refractivity contribution in [3.05, 3.63) is 81.6 Å². The van der Waals surface area contributed by atoms with Crippen LogP contribution >= 0.6 is 11.3 Å². The molecular weight excluding hydrogens is 398 g/mol. The number of fused-ring (bicyclic) bond motifs is 1. The average Bonchev–Trinajstić information content (AvgIpc) is 3.18. The van der Waals surface area contributed by atoms with Gasteiger partial charge in [0.1, 0.15) is 0 Å². The fraction of sp³-hybridized carbons (Fsp3) is 0.217. The predicted octanol–water partition coefficient (Wildman–Crippen LogP) is 4.07. The van der Waals surface area contributed by atoms with Crippen molar-refractivity contribution in [3.8, 4) is 22.8 Å². The highest BCUT2D eigenvalue weighted by Gasteiger charge is 2.12. The van der Waals surface area contributed by atoms with Crippen LogP contribution in [0.5, 0.6) is 11.5 Å². The summed E-state index contributed by atoms with van der Waals surface area (Å²) >= 11 is 1.48. The van der Waals surface area contributed by atoms with Crippen molar-refractivity contribution in [1.82, 2.24) is 14.3 Å². The van der Waals surface area contributed by atoms with Crippen LogP contribution in [-0.4, -0.2) is 35.6 Å². The Balaban J connectivity index is 1.55. The molecule has 6 nitrogen and oxygen atoms in total. The van der Waals surface area contributed by atoms with Crippen LogP contribution in [0.1, 0.15) is 11.3 Å². The van der Waals surface area contributed by atoms with Crippen LogP contribution < -0.4 is 15.0 Å². The maximum absolute atomic E-state index is 12.8. The molecule has 0 N–H and O–H groups in total. The molecule has 154 valence electrons. The zero-order chi connectivity index (χ0) is 21.1. The SMILES string of the molecule is COc1ccc(CN(C)Cc2cc(=O)n3c(-c4ccccc4)csc3n2)cc1OC. The highest BCUT2D eigenvalue weighted by atomic mass is 32.1. The largest absolute Gasteiger partial charge is 0.493 e. The van der Waals surface area contributed by atoms with Gasteiger partial charge in [0.2, 0.25) is 0 Å². The predicted molar refractivity (Wildman–Crippen MR) is 119 cm³/mol. The van der Waals surface area contributed by atoms with E-state index in [1.165, 1.54) is 11.3 Å². The molecule has 0 spiro atoms. The molecule has 0 bridgehead atoms. The normalized spacial score (nSPS) is 11.2. The number of methoxy groups -OCH3 is 2. The Morgan fingerprint density at radius 2 is 1.77 bits per heavy atom. The third-order valence-corrected chi connectivity index (χ3v) is 5.69. The van der Waals surface area contributed by atoms with Gasteiger partial charge in [-0.2, -0.15) is 0 Å². The molecule has 2 aromatic carbocycles. The van der Waals surface area contributed by atoms with Crippen molar-refractivity contribution in [1.29, 1.82) is 0 Å². The van der Waals surface area contributed by atoms with E-state index in [9.17, 15) is 4.79 Å². The maximum Gasteiger partial charge on any atom is 0.259 e. The van der Waals surface area contributed by atoms with Gasteiger partial charge in [-0.1, -0.05) is 36.4 Å². The molecule has 4 rings (SSSR count). The summed E-state index contributed by atoms with van der Waals surface area (Å²) in [4.78, 5) is 20.4. The van der Waals surface area contributed by atoms with E-state index < -0.39 is 0 Å². The first-order valence-electron chi connectivity index (χ1n) is 9.54. The number of ether oxygens (including phenoxy) is 2. The molecule has 0 radical (unpaired) electrons. The van der Waals surface area contributed by atoms with E-state index in [1.54, 1.807) is 24.7 Å². The van der Waals surface area contributed by atoms with Crippen molar-refractivity contribution in [2.75, 3.05) is 21.3 Å². The molecule has 2 heterocycles. The number of benzene rings is 2. The first-order chi connectivity index (χ1) is 14.6. The molecule has 0 atom stereocenters. The molecule has 0 fully saturated rings. The van der Waals surface area contributed by atoms with Gasteiger partial charge in [-0.25, -0.2) is 4.98 Å². The summed E-state index contributed by atoms with van der Waals surface area (Å²) in [5.74, 6) is 1.41. The molecule has 0 aliphatic carbocycles. The minimum absolute atomic E-state index is 0.0605. The highest BCUT2D eigenvalue weighted by Crippen LogP contribution is 2.28. The smallest absolute Gasteiger partial charge is 0.259 e. The summed E-state index contributed by atoms with van der Waals surface area (Å²) in [5, 5.41) is 1.98. The lowest BCUT2D eigenvalue weighted by Crippen LogP contribution is -2.21. The Morgan fingerprint density at radius 3 is 2.50 bits per heavy atom. The summed E-state index contributed by atoms with van der Waals surface area (Å²) in [6.45, 7) is 1.26. The van der Waals surface area contributed by atoms with Crippen LogP contribution in [0, 0.1) is 0 Å². The first kappa shape index (κ1) is 20.1. The third-order valence-electron chi connectivity index (χ3n) is 4.86. The number of hydrogen-bond donors (Lipinski definition) is 0. The first-order valence-corrected chi connectivity index (χ1v) is 10.4. The molecule has 2 aromatic heterocycles. The summed E-state index contributed by atoms with van der Waals surface area (Å²) < 4.78 is 12.4. The Bertz CT molecular complexity index is 1220. The second kappa shape index (κ2) is 8.69. The molecule has 0 unspecified atom stereocenters. The lowest BCUT2D eigenvalue weighted by Gasteiger charge is -2.17. The number of thiazole rings is 1. The molecule has 0 saturated carbocycles. The van der Waals surface area contributed by atoms with Crippen LogP contribution in [0.25, 0.3) is 16.2 Å². The number of nitrogens with zero attached hydrogens (tertiary/aromatic N) is 3. The Morgan fingerprint density at radius 1 is 1.00 bits per heavy atom. The average molecular weight is 422 g/mol. The second-order valence-corrected chi connectivity index (χ2v) is 7.89. The van der Waals surface area contributed by atoms with E-state index >= 15 is 0 Å². The monoisotopic (exact) mass is 421 g/mol. The molecule has 4 aromatic rings. The van der Waals surface area contributed by atoms with Gasteiger partial charge in [-0.3, -0.25) is 14.1 Å². The van der Waals surface area contributed by atoms with Gasteiger partial charge in [0.15, 0.2) is 16.5 Å². The molecular formula is C23H23N3O3S. The van der Waals surface area contributed by atoms with Gasteiger partial charge in [-0.15, -0.1) is 11.3 Å². The van der Waals surface area contributed by atoms with Crippen LogP contribution in [0.3, 0.4) is 0 Å². The third kappa shape index (κ3) is 4.08. The standard InChI is InChI=1S/C23H23N3O3S/c1-25(13-16-9-10-20(28-2)21(11-16)29-3)14-18-12-22(27)26-19(15-30-23(26)24-18)17-7-5-4-6-8-17/h4-12,15H,13-14H2,1-3H3. The van der Waals surface area contributed by atoms with Crippen LogP contribution in [0.4, 0.5) is 0 Å². The van der Waals surface area contributed by atoms with Crippen molar-refractivity contribution in [2.24, 2.45) is 0 Å². The lowest BCUT2D eigenvalue weighted by molar-refractivity contribution is 0.313. The lowest BCUT2D eigenvalue weighted by atomic mass is 10.2. The molecule has 0 amide bonds. The van der Waals surface area contributed by atoms with Crippen LogP contribution in [0.15, 0.2) is 64.8 Å². The topological polar surface area (TPSA) is 56.1 Å². The minimum atomic E-state index is -0.0605. The number of aromatic nitrogens is 2. The summed E-state index contributed by atoms with van der Waals surface area (Å²) in [6, 6.07) is 17.4. The van der Waals surface area contributed by atoms with Crippen LogP contribution in [-0.2, 0) is 13.1 Å². The number of hydrogen-bond acceptors (Lipinski definition) is 6. The zero-order valence-corrected chi connectivity index (χ0v) is 18.0. The molecule has 30 heavy (non-hydrogen) atoms. The van der Waals surface area contributed by atoms with Gasteiger partial charge in [-0.05, 0) is 30.3 Å². The van der Waals surface area contributed by atoms with E-state index in [0.717, 1.165) is 22.5 Å². The van der Waals surface area contributed by atoms with Gasteiger partial charge < -0.3 is 9.47 Å². The maximum atomic E-state index is 12.8. The van der Waals surface area contributed by atoms with Gasteiger partial charge in [0.25, 0.3) is 5.56 Å². The summed E-state index contributed by atoms with van der Waals surface area (Å²) in [6.07, 6.45) is 0. The van der Waals surface area contributed by atoms with Crippen molar-refractivity contribution < 1.29 is 9.47 Å². The Labute approximate surface area is 179 Å². The second-order valence-electron chi connectivity index (χ2n) is 7.05. The van der Waals surface area contributed by atoms with Gasteiger partial charge in [0, 0.05) is 24.5 Å². The van der Waals surface area contributed by atoms with E-state index in [0.29, 0.717) is 29.5 Å².